The van der Waals surface area contributed by atoms with Gasteiger partial charge in [-0.15, -0.1) is 0 Å². The van der Waals surface area contributed by atoms with Crippen molar-refractivity contribution in [2.45, 2.75) is 0 Å². The molecular weight excluding hydrogens is 287 g/mol. The van der Waals surface area contributed by atoms with Crippen LogP contribution in [-0.2, 0) is 0 Å². The summed E-state index contributed by atoms with van der Waals surface area (Å²) in [7, 11) is 0. The van der Waals surface area contributed by atoms with Gasteiger partial charge in [0.15, 0.2) is 0 Å². The summed E-state index contributed by atoms with van der Waals surface area (Å²) < 4.78 is 5.50. The summed E-state index contributed by atoms with van der Waals surface area (Å²) in [6.07, 6.45) is 0. The monoisotopic (exact) mass is 296 g/mol. The van der Waals surface area contributed by atoms with E-state index in [0.717, 1.165) is 10.8 Å². The van der Waals surface area contributed by atoms with E-state index in [1.807, 2.05) is 18.2 Å². The van der Waals surface area contributed by atoms with Crippen LogP contribution < -0.4 is 4.74 Å². The van der Waals surface area contributed by atoms with Crippen molar-refractivity contribution in [1.29, 1.82) is 0 Å². The average molecular weight is 297 g/mol. The highest BCUT2D eigenvalue weighted by atomic mass is 35.5. The molecule has 0 saturated carbocycles. The van der Waals surface area contributed by atoms with Gasteiger partial charge >= 0.3 is 5.97 Å². The lowest BCUT2D eigenvalue weighted by atomic mass is 10.1. The standard InChI is InChI=1S/C14H10Cl2O3/c15-7-10(16)8-19-13-11-4-2-1-3-9(11)5-6-12(13)14(17)18/h1-7H,8H2,(H,17,18). The molecule has 19 heavy (non-hydrogen) atoms. The second-order valence-electron chi connectivity index (χ2n) is 3.81. The van der Waals surface area contributed by atoms with Gasteiger partial charge in [0.05, 0.1) is 5.03 Å². The molecule has 0 aliphatic rings. The Labute approximate surface area is 120 Å². The summed E-state index contributed by atoms with van der Waals surface area (Å²) >= 11 is 11.2. The van der Waals surface area contributed by atoms with E-state index in [1.165, 1.54) is 11.6 Å². The molecule has 2 aromatic carbocycles. The number of halogens is 2. The highest BCUT2D eigenvalue weighted by Crippen LogP contribution is 2.30. The molecule has 0 radical (unpaired) electrons. The maximum Gasteiger partial charge on any atom is 0.339 e. The van der Waals surface area contributed by atoms with Gasteiger partial charge in [-0.2, -0.15) is 0 Å². The second-order valence-corrected chi connectivity index (χ2v) is 4.52. The largest absolute Gasteiger partial charge is 0.486 e. The molecule has 0 fully saturated rings. The first kappa shape index (κ1) is 13.7. The van der Waals surface area contributed by atoms with Gasteiger partial charge in [0.1, 0.15) is 17.9 Å². The molecule has 0 amide bonds. The van der Waals surface area contributed by atoms with Crippen LogP contribution in [0.25, 0.3) is 10.8 Å². The normalized spacial score (nSPS) is 11.6. The van der Waals surface area contributed by atoms with Crippen LogP contribution >= 0.6 is 23.2 Å². The number of aromatic carboxylic acids is 1. The number of hydrogen-bond donors (Lipinski definition) is 1. The Bertz CT molecular complexity index is 650. The fourth-order valence-corrected chi connectivity index (χ4v) is 1.86. The number of rotatable bonds is 4. The molecule has 0 atom stereocenters. The molecule has 1 N–H and O–H groups in total. The van der Waals surface area contributed by atoms with Crippen molar-refractivity contribution in [3.8, 4) is 5.75 Å². The van der Waals surface area contributed by atoms with Crippen molar-refractivity contribution < 1.29 is 14.6 Å². The van der Waals surface area contributed by atoms with Crippen LogP contribution in [0.2, 0.25) is 0 Å². The van der Waals surface area contributed by atoms with Crippen LogP contribution in [0.3, 0.4) is 0 Å². The maximum absolute atomic E-state index is 11.2. The zero-order valence-corrected chi connectivity index (χ0v) is 11.3. The van der Waals surface area contributed by atoms with Gasteiger partial charge in [-0.25, -0.2) is 4.79 Å². The Kier molecular flexibility index (Phi) is 4.30. The van der Waals surface area contributed by atoms with Crippen molar-refractivity contribution >= 4 is 39.9 Å². The third kappa shape index (κ3) is 3.00. The molecule has 3 nitrogen and oxygen atoms in total. The predicted molar refractivity (Wildman–Crippen MR) is 76.2 cm³/mol. The number of carbonyl (C=O) groups is 1. The maximum atomic E-state index is 11.2. The summed E-state index contributed by atoms with van der Waals surface area (Å²) in [5.41, 5.74) is 1.28. The van der Waals surface area contributed by atoms with Crippen LogP contribution in [0.4, 0.5) is 0 Å². The number of carboxylic acids is 1. The lowest BCUT2D eigenvalue weighted by Crippen LogP contribution is -2.05. The molecule has 2 rings (SSSR count). The minimum atomic E-state index is -1.05. The first-order valence-corrected chi connectivity index (χ1v) is 6.27. The van der Waals surface area contributed by atoms with Gasteiger partial charge in [0.25, 0.3) is 0 Å². The fraction of sp³-hybridized carbons (Fsp3) is 0.0714. The van der Waals surface area contributed by atoms with Crippen molar-refractivity contribution in [3.05, 3.63) is 52.5 Å². The molecule has 2 aromatic rings. The molecular formula is C14H10Cl2O3. The van der Waals surface area contributed by atoms with Gasteiger partial charge in [-0.05, 0) is 11.5 Å². The van der Waals surface area contributed by atoms with E-state index < -0.39 is 5.97 Å². The lowest BCUT2D eigenvalue weighted by molar-refractivity contribution is 0.0693. The number of benzene rings is 2. The Morgan fingerprint density at radius 2 is 2.00 bits per heavy atom. The van der Waals surface area contributed by atoms with Gasteiger partial charge in [-0.1, -0.05) is 53.5 Å². The summed E-state index contributed by atoms with van der Waals surface area (Å²) in [6.45, 7) is 0.0271. The molecule has 5 heteroatoms. The molecule has 0 spiro atoms. The highest BCUT2D eigenvalue weighted by molar-refractivity contribution is 6.36. The number of hydrogen-bond acceptors (Lipinski definition) is 2. The van der Waals surface area contributed by atoms with Crippen LogP contribution in [0.1, 0.15) is 10.4 Å². The minimum absolute atomic E-state index is 0.0271. The van der Waals surface area contributed by atoms with E-state index in [4.69, 9.17) is 27.9 Å². The minimum Gasteiger partial charge on any atom is -0.486 e. The van der Waals surface area contributed by atoms with E-state index in [9.17, 15) is 9.90 Å². The van der Waals surface area contributed by atoms with Gasteiger partial charge in [0, 0.05) is 10.9 Å². The number of fused-ring (bicyclic) bond motifs is 1. The zero-order chi connectivity index (χ0) is 13.8. The smallest absolute Gasteiger partial charge is 0.339 e. The Morgan fingerprint density at radius 1 is 1.26 bits per heavy atom. The van der Waals surface area contributed by atoms with Gasteiger partial charge in [-0.3, -0.25) is 0 Å². The number of ether oxygens (including phenoxy) is 1. The van der Waals surface area contributed by atoms with E-state index in [-0.39, 0.29) is 12.2 Å². The Hall–Kier alpha value is -1.71. The third-order valence-electron chi connectivity index (χ3n) is 2.58. The molecule has 0 aliphatic heterocycles. The third-order valence-corrected chi connectivity index (χ3v) is 3.18. The van der Waals surface area contributed by atoms with Gasteiger partial charge < -0.3 is 9.84 Å². The van der Waals surface area contributed by atoms with E-state index in [2.05, 4.69) is 0 Å². The molecule has 0 bridgehead atoms. The molecule has 0 aliphatic carbocycles. The summed E-state index contributed by atoms with van der Waals surface area (Å²) in [4.78, 5) is 11.2. The van der Waals surface area contributed by atoms with Crippen LogP contribution in [0.5, 0.6) is 5.75 Å². The first-order valence-electron chi connectivity index (χ1n) is 5.46. The van der Waals surface area contributed by atoms with Crippen LogP contribution in [0.15, 0.2) is 47.0 Å². The van der Waals surface area contributed by atoms with Crippen LogP contribution in [-0.4, -0.2) is 17.7 Å². The van der Waals surface area contributed by atoms with E-state index >= 15 is 0 Å². The highest BCUT2D eigenvalue weighted by Gasteiger charge is 2.14. The summed E-state index contributed by atoms with van der Waals surface area (Å²) in [5.74, 6) is -0.756. The quantitative estimate of drug-likeness (QED) is 0.918. The van der Waals surface area contributed by atoms with Crippen molar-refractivity contribution in [1.82, 2.24) is 0 Å². The van der Waals surface area contributed by atoms with Crippen molar-refractivity contribution in [3.63, 3.8) is 0 Å². The van der Waals surface area contributed by atoms with Crippen molar-refractivity contribution in [2.24, 2.45) is 0 Å². The van der Waals surface area contributed by atoms with Crippen molar-refractivity contribution in [2.75, 3.05) is 6.61 Å². The van der Waals surface area contributed by atoms with Crippen LogP contribution in [0, 0.1) is 0 Å². The fourth-order valence-electron chi connectivity index (χ4n) is 1.74. The Morgan fingerprint density at radius 3 is 2.68 bits per heavy atom. The molecule has 98 valence electrons. The van der Waals surface area contributed by atoms with Gasteiger partial charge in [0.2, 0.25) is 0 Å². The average Bonchev–Trinajstić information content (AvgIpc) is 2.43. The summed E-state index contributed by atoms with van der Waals surface area (Å²) in [6, 6.07) is 10.6. The molecule has 0 saturated heterocycles. The zero-order valence-electron chi connectivity index (χ0n) is 9.77. The topological polar surface area (TPSA) is 46.5 Å². The van der Waals surface area contributed by atoms with E-state index in [1.54, 1.807) is 12.1 Å². The first-order chi connectivity index (χ1) is 9.13. The Balaban J connectivity index is 2.52. The predicted octanol–water partition coefficient (Wildman–Crippen LogP) is 4.24. The second kappa shape index (κ2) is 5.95. The molecule has 0 aromatic heterocycles. The summed E-state index contributed by atoms with van der Waals surface area (Å²) in [5, 5.41) is 11.1. The number of carboxylic acid groups (broad SMARTS) is 1. The molecule has 0 unspecified atom stereocenters. The SMILES string of the molecule is O=C(O)c1ccc2ccccc2c1OCC(Cl)=CCl. The molecule has 0 heterocycles. The van der Waals surface area contributed by atoms with E-state index in [0.29, 0.717) is 10.8 Å². The lowest BCUT2D eigenvalue weighted by Gasteiger charge is -2.11.